The molecule has 0 radical (unpaired) electrons. The van der Waals surface area contributed by atoms with Gasteiger partial charge >= 0.3 is 0 Å². The van der Waals surface area contributed by atoms with Gasteiger partial charge in [-0.3, -0.25) is 4.79 Å². The van der Waals surface area contributed by atoms with E-state index < -0.39 is 0 Å². The second-order valence-electron chi connectivity index (χ2n) is 2.64. The zero-order valence-corrected chi connectivity index (χ0v) is 8.45. The first-order chi connectivity index (χ1) is 6.20. The van der Waals surface area contributed by atoms with E-state index in [-0.39, 0.29) is 5.78 Å². The molecule has 4 nitrogen and oxygen atoms in total. The lowest BCUT2D eigenvalue weighted by Crippen LogP contribution is -2.01. The third-order valence-electron chi connectivity index (χ3n) is 1.76. The van der Waals surface area contributed by atoms with E-state index >= 15 is 0 Å². The van der Waals surface area contributed by atoms with E-state index in [1.54, 1.807) is 16.8 Å². The Morgan fingerprint density at radius 1 is 1.62 bits per heavy atom. The number of fused-ring (bicyclic) bond motifs is 1. The fourth-order valence-corrected chi connectivity index (χ4v) is 1.65. The van der Waals surface area contributed by atoms with Crippen molar-refractivity contribution in [1.82, 2.24) is 14.6 Å². The second-order valence-corrected chi connectivity index (χ2v) is 3.49. The van der Waals surface area contributed by atoms with Crippen LogP contribution in [-0.2, 0) is 0 Å². The van der Waals surface area contributed by atoms with Crippen LogP contribution in [0.1, 0.15) is 17.4 Å². The van der Waals surface area contributed by atoms with Crippen LogP contribution in [0, 0.1) is 0 Å². The monoisotopic (exact) mass is 239 g/mol. The number of ketones is 1. The van der Waals surface area contributed by atoms with E-state index in [2.05, 4.69) is 26.0 Å². The molecule has 2 heterocycles. The van der Waals surface area contributed by atoms with Gasteiger partial charge in [-0.05, 0) is 22.0 Å². The summed E-state index contributed by atoms with van der Waals surface area (Å²) in [6.45, 7) is 1.51. The first kappa shape index (κ1) is 8.37. The number of Topliss-reactive ketones (excluding diaryl/α,β-unsaturated/α-hetero) is 1. The molecule has 0 unspecified atom stereocenters. The summed E-state index contributed by atoms with van der Waals surface area (Å²) in [5.74, 6) is -0.0144. The topological polar surface area (TPSA) is 47.3 Å². The van der Waals surface area contributed by atoms with Gasteiger partial charge in [0, 0.05) is 11.4 Å². The number of rotatable bonds is 1. The molecule has 2 rings (SSSR count). The number of aromatic nitrogens is 3. The van der Waals surface area contributed by atoms with Crippen molar-refractivity contribution in [2.45, 2.75) is 6.92 Å². The average Bonchev–Trinajstić information content (AvgIpc) is 2.45. The van der Waals surface area contributed by atoms with Crippen molar-refractivity contribution < 1.29 is 4.79 Å². The molecule has 2 aromatic heterocycles. The van der Waals surface area contributed by atoms with Crippen molar-refractivity contribution in [1.29, 1.82) is 0 Å². The maximum absolute atomic E-state index is 11.2. The molecule has 0 aliphatic rings. The summed E-state index contributed by atoms with van der Waals surface area (Å²) >= 11 is 3.33. The fourth-order valence-electron chi connectivity index (χ4n) is 1.16. The predicted molar refractivity (Wildman–Crippen MR) is 50.7 cm³/mol. The molecule has 0 amide bonds. The van der Waals surface area contributed by atoms with E-state index in [4.69, 9.17) is 0 Å². The van der Waals surface area contributed by atoms with Crippen LogP contribution in [0.2, 0.25) is 0 Å². The molecule has 5 heteroatoms. The van der Waals surface area contributed by atoms with Gasteiger partial charge in [0.05, 0.1) is 11.7 Å². The molecule has 0 saturated heterocycles. The van der Waals surface area contributed by atoms with Gasteiger partial charge in [0.2, 0.25) is 0 Å². The molecule has 2 aromatic rings. The number of nitrogens with zero attached hydrogens (tertiary/aromatic N) is 3. The van der Waals surface area contributed by atoms with Crippen LogP contribution in [0.3, 0.4) is 0 Å². The number of carbonyl (C=O) groups excluding carboxylic acids is 1. The van der Waals surface area contributed by atoms with Crippen LogP contribution >= 0.6 is 15.9 Å². The lowest BCUT2D eigenvalue weighted by atomic mass is 10.3. The Morgan fingerprint density at radius 3 is 3.08 bits per heavy atom. The maximum Gasteiger partial charge on any atom is 0.178 e. The van der Waals surface area contributed by atoms with Gasteiger partial charge in [-0.2, -0.15) is 5.10 Å². The van der Waals surface area contributed by atoms with Gasteiger partial charge in [0.15, 0.2) is 5.78 Å². The van der Waals surface area contributed by atoms with Gasteiger partial charge in [-0.1, -0.05) is 0 Å². The number of hydrogen-bond donors (Lipinski definition) is 0. The minimum absolute atomic E-state index is 0.0144. The zero-order valence-electron chi connectivity index (χ0n) is 6.86. The molecule has 0 spiro atoms. The van der Waals surface area contributed by atoms with E-state index in [9.17, 15) is 4.79 Å². The fraction of sp³-hybridized carbons (Fsp3) is 0.125. The second kappa shape index (κ2) is 2.92. The molecule has 0 aromatic carbocycles. The van der Waals surface area contributed by atoms with Gasteiger partial charge < -0.3 is 0 Å². The zero-order chi connectivity index (χ0) is 9.42. The highest BCUT2D eigenvalue weighted by molar-refractivity contribution is 9.10. The Morgan fingerprint density at radius 2 is 2.38 bits per heavy atom. The van der Waals surface area contributed by atoms with Crippen molar-refractivity contribution >= 4 is 27.2 Å². The molecule has 0 aliphatic carbocycles. The summed E-state index contributed by atoms with van der Waals surface area (Å²) in [6, 6.07) is 1.74. The summed E-state index contributed by atoms with van der Waals surface area (Å²) in [6.07, 6.45) is 3.06. The largest absolute Gasteiger partial charge is 0.293 e. The van der Waals surface area contributed by atoms with Gasteiger partial charge in [0.1, 0.15) is 12.0 Å². The molecule has 0 saturated carbocycles. The molecule has 0 atom stereocenters. The lowest BCUT2D eigenvalue weighted by molar-refractivity contribution is 0.101. The minimum atomic E-state index is -0.0144. The first-order valence-corrected chi connectivity index (χ1v) is 4.47. The Hall–Kier alpha value is -1.23. The molecule has 0 N–H and O–H groups in total. The molecular weight excluding hydrogens is 234 g/mol. The van der Waals surface area contributed by atoms with E-state index in [0.29, 0.717) is 5.69 Å². The smallest absolute Gasteiger partial charge is 0.178 e. The third kappa shape index (κ3) is 1.25. The summed E-state index contributed by atoms with van der Waals surface area (Å²) in [5, 5.41) is 3.98. The molecule has 66 valence electrons. The normalized spacial score (nSPS) is 10.6. The summed E-state index contributed by atoms with van der Waals surface area (Å²) in [4.78, 5) is 15.0. The van der Waals surface area contributed by atoms with Crippen molar-refractivity contribution in [3.8, 4) is 0 Å². The Balaban J connectivity index is 2.85. The Kier molecular flexibility index (Phi) is 1.88. The standard InChI is InChI=1S/C8H6BrN3O/c1-5(13)7-2-6(9)8-3-10-4-11-12(7)8/h2-4H,1H3. The van der Waals surface area contributed by atoms with E-state index in [0.717, 1.165) is 9.99 Å². The number of halogens is 1. The molecular formula is C8H6BrN3O. The summed E-state index contributed by atoms with van der Waals surface area (Å²) < 4.78 is 2.40. The van der Waals surface area contributed by atoms with Crippen molar-refractivity contribution in [2.75, 3.05) is 0 Å². The van der Waals surface area contributed by atoms with E-state index in [1.807, 2.05) is 0 Å². The maximum atomic E-state index is 11.2. The highest BCUT2D eigenvalue weighted by Gasteiger charge is 2.10. The number of carbonyl (C=O) groups is 1. The lowest BCUT2D eigenvalue weighted by Gasteiger charge is -1.94. The van der Waals surface area contributed by atoms with Crippen LogP contribution in [0.25, 0.3) is 5.52 Å². The molecule has 0 fully saturated rings. The van der Waals surface area contributed by atoms with Gasteiger partial charge in [-0.15, -0.1) is 0 Å². The highest BCUT2D eigenvalue weighted by Crippen LogP contribution is 2.20. The van der Waals surface area contributed by atoms with Crippen LogP contribution in [0.5, 0.6) is 0 Å². The van der Waals surface area contributed by atoms with Gasteiger partial charge in [0.25, 0.3) is 0 Å². The molecule has 0 bridgehead atoms. The van der Waals surface area contributed by atoms with Crippen molar-refractivity contribution in [3.05, 3.63) is 28.8 Å². The molecule has 0 aliphatic heterocycles. The Labute approximate surface area is 82.7 Å². The quantitative estimate of drug-likeness (QED) is 0.712. The van der Waals surface area contributed by atoms with Crippen LogP contribution in [0.15, 0.2) is 23.1 Å². The van der Waals surface area contributed by atoms with Gasteiger partial charge in [-0.25, -0.2) is 9.50 Å². The number of hydrogen-bond acceptors (Lipinski definition) is 3. The van der Waals surface area contributed by atoms with E-state index in [1.165, 1.54) is 13.3 Å². The molecule has 13 heavy (non-hydrogen) atoms. The van der Waals surface area contributed by atoms with Crippen LogP contribution < -0.4 is 0 Å². The Bertz CT molecular complexity index is 477. The van der Waals surface area contributed by atoms with Crippen molar-refractivity contribution in [3.63, 3.8) is 0 Å². The summed E-state index contributed by atoms with van der Waals surface area (Å²) in [5.41, 5.74) is 1.36. The highest BCUT2D eigenvalue weighted by atomic mass is 79.9. The SMILES string of the molecule is CC(=O)c1cc(Br)c2cncnn12. The summed E-state index contributed by atoms with van der Waals surface area (Å²) in [7, 11) is 0. The first-order valence-electron chi connectivity index (χ1n) is 3.68. The average molecular weight is 240 g/mol. The predicted octanol–water partition coefficient (Wildman–Crippen LogP) is 1.69. The third-order valence-corrected chi connectivity index (χ3v) is 2.39. The minimum Gasteiger partial charge on any atom is -0.293 e. The van der Waals surface area contributed by atoms with Crippen LogP contribution in [0.4, 0.5) is 0 Å². The van der Waals surface area contributed by atoms with Crippen molar-refractivity contribution in [2.24, 2.45) is 0 Å². The van der Waals surface area contributed by atoms with Crippen LogP contribution in [-0.4, -0.2) is 20.4 Å².